The highest BCUT2D eigenvalue weighted by atomic mass is 16.4. The Kier molecular flexibility index (Phi) is 9.68. The lowest BCUT2D eigenvalue weighted by Gasteiger charge is -2.24. The predicted molar refractivity (Wildman–Crippen MR) is 65.6 cm³/mol. The first-order chi connectivity index (χ1) is 9.33. The SMILES string of the molecule is C[N+](C)(C)CC(=O)O.O=C[C@H](O)[C@@H](O)[C@@H](O)[C@H](O)C(=O)[O-]. The number of aliphatic hydroxyl groups excluding tert-OH is 4. The van der Waals surface area contributed by atoms with Gasteiger partial charge in [0.25, 0.3) is 0 Å². The average molecular weight is 311 g/mol. The van der Waals surface area contributed by atoms with Gasteiger partial charge in [-0.15, -0.1) is 0 Å². The third-order valence-corrected chi connectivity index (χ3v) is 2.01. The van der Waals surface area contributed by atoms with Crippen molar-refractivity contribution in [2.45, 2.75) is 24.4 Å². The summed E-state index contributed by atoms with van der Waals surface area (Å²) in [6, 6.07) is 0. The molecule has 0 saturated heterocycles. The van der Waals surface area contributed by atoms with Crippen LogP contribution in [-0.2, 0) is 14.4 Å². The van der Waals surface area contributed by atoms with Gasteiger partial charge < -0.3 is 44.7 Å². The van der Waals surface area contributed by atoms with Crippen molar-refractivity contribution in [3.05, 3.63) is 0 Å². The fourth-order valence-corrected chi connectivity index (χ4v) is 1.01. The van der Waals surface area contributed by atoms with Gasteiger partial charge in [0, 0.05) is 0 Å². The molecule has 10 nitrogen and oxygen atoms in total. The fourth-order valence-electron chi connectivity index (χ4n) is 1.01. The number of aliphatic hydroxyl groups is 4. The van der Waals surface area contributed by atoms with E-state index in [0.717, 1.165) is 0 Å². The van der Waals surface area contributed by atoms with Crippen LogP contribution >= 0.6 is 0 Å². The molecule has 0 amide bonds. The standard InChI is InChI=1S/C6H10O7.C5H11NO2/c7-1-2(8)3(9)4(10)5(11)6(12)13;1-6(2,3)4-5(7)8/h1-5,8-11H,(H,12,13);4H2,1-3H3/t2-,3+,4+,5-;/m0./s1. The number of hydrogen-bond acceptors (Lipinski definition) is 8. The topological polar surface area (TPSA) is 175 Å². The number of aliphatic carboxylic acids is 2. The van der Waals surface area contributed by atoms with Gasteiger partial charge in [0.15, 0.2) is 12.8 Å². The molecule has 0 aromatic heterocycles. The van der Waals surface area contributed by atoms with E-state index in [9.17, 15) is 19.5 Å². The first kappa shape index (κ1) is 21.7. The minimum Gasteiger partial charge on any atom is -0.547 e. The lowest BCUT2D eigenvalue weighted by molar-refractivity contribution is -0.862. The largest absolute Gasteiger partial charge is 0.547 e. The van der Waals surface area contributed by atoms with Crippen molar-refractivity contribution in [2.24, 2.45) is 0 Å². The van der Waals surface area contributed by atoms with E-state index < -0.39 is 36.4 Å². The lowest BCUT2D eigenvalue weighted by Crippen LogP contribution is -2.52. The van der Waals surface area contributed by atoms with E-state index in [-0.39, 0.29) is 12.8 Å². The molecule has 0 aliphatic carbocycles. The highest BCUT2D eigenvalue weighted by Gasteiger charge is 2.30. The summed E-state index contributed by atoms with van der Waals surface area (Å²) in [5.41, 5.74) is 0. The molecule has 0 heterocycles. The van der Waals surface area contributed by atoms with Crippen molar-refractivity contribution in [3.8, 4) is 0 Å². The van der Waals surface area contributed by atoms with Gasteiger partial charge in [-0.1, -0.05) is 0 Å². The Balaban J connectivity index is 0. The van der Waals surface area contributed by atoms with E-state index in [1.165, 1.54) is 0 Å². The zero-order chi connectivity index (χ0) is 17.4. The highest BCUT2D eigenvalue weighted by Crippen LogP contribution is 2.03. The van der Waals surface area contributed by atoms with Crippen molar-refractivity contribution in [1.29, 1.82) is 0 Å². The van der Waals surface area contributed by atoms with Crippen LogP contribution in [0.1, 0.15) is 0 Å². The van der Waals surface area contributed by atoms with Crippen molar-refractivity contribution >= 4 is 18.2 Å². The first-order valence-electron chi connectivity index (χ1n) is 5.74. The molecule has 0 spiro atoms. The summed E-state index contributed by atoms with van der Waals surface area (Å²) < 4.78 is 0.481. The molecule has 0 unspecified atom stereocenters. The molecule has 0 fully saturated rings. The Labute approximate surface area is 121 Å². The van der Waals surface area contributed by atoms with Crippen LogP contribution in [0.5, 0.6) is 0 Å². The molecule has 0 bridgehead atoms. The van der Waals surface area contributed by atoms with Crippen LogP contribution < -0.4 is 5.11 Å². The number of quaternary nitrogens is 1. The minimum atomic E-state index is -2.36. The summed E-state index contributed by atoms with van der Waals surface area (Å²) in [7, 11) is 5.52. The number of carboxylic acid groups (broad SMARTS) is 2. The fraction of sp³-hybridized carbons (Fsp3) is 0.727. The molecule has 124 valence electrons. The number of carbonyl (C=O) groups excluding carboxylic acids is 2. The number of rotatable bonds is 7. The van der Waals surface area contributed by atoms with Crippen LogP contribution in [0.15, 0.2) is 0 Å². The number of nitrogens with zero attached hydrogens (tertiary/aromatic N) is 1. The monoisotopic (exact) mass is 311 g/mol. The van der Waals surface area contributed by atoms with Crippen LogP contribution in [-0.4, -0.2) is 100 Å². The van der Waals surface area contributed by atoms with Gasteiger partial charge >= 0.3 is 5.97 Å². The molecule has 0 aliphatic rings. The van der Waals surface area contributed by atoms with Crippen LogP contribution in [0.2, 0.25) is 0 Å². The smallest absolute Gasteiger partial charge is 0.359 e. The van der Waals surface area contributed by atoms with Crippen molar-refractivity contribution in [1.82, 2.24) is 0 Å². The molecule has 0 aromatic rings. The minimum absolute atomic E-state index is 0.101. The van der Waals surface area contributed by atoms with Crippen LogP contribution in [0.4, 0.5) is 0 Å². The van der Waals surface area contributed by atoms with E-state index in [0.29, 0.717) is 4.48 Å². The first-order valence-corrected chi connectivity index (χ1v) is 5.74. The molecule has 5 N–H and O–H groups in total. The second kappa shape index (κ2) is 9.37. The Morgan fingerprint density at radius 1 is 1.10 bits per heavy atom. The van der Waals surface area contributed by atoms with Gasteiger partial charge in [0.2, 0.25) is 0 Å². The molecule has 0 aliphatic heterocycles. The Hall–Kier alpha value is -1.59. The van der Waals surface area contributed by atoms with E-state index in [2.05, 4.69) is 0 Å². The van der Waals surface area contributed by atoms with Gasteiger partial charge in [0.05, 0.1) is 27.1 Å². The number of hydrogen-bond donors (Lipinski definition) is 5. The number of likely N-dealkylation sites (N-methyl/N-ethyl adjacent to an activating group) is 1. The van der Waals surface area contributed by atoms with Crippen molar-refractivity contribution in [3.63, 3.8) is 0 Å². The zero-order valence-electron chi connectivity index (χ0n) is 11.9. The lowest BCUT2D eigenvalue weighted by atomic mass is 10.0. The van der Waals surface area contributed by atoms with E-state index in [1.54, 1.807) is 0 Å². The maximum absolute atomic E-state index is 10.00. The van der Waals surface area contributed by atoms with Gasteiger partial charge in [0.1, 0.15) is 24.4 Å². The van der Waals surface area contributed by atoms with E-state index >= 15 is 0 Å². The second-order valence-corrected chi connectivity index (χ2v) is 5.21. The van der Waals surface area contributed by atoms with Crippen molar-refractivity contribution in [2.75, 3.05) is 27.7 Å². The zero-order valence-corrected chi connectivity index (χ0v) is 11.9. The average Bonchev–Trinajstić information content (AvgIpc) is 2.32. The molecule has 4 atom stereocenters. The van der Waals surface area contributed by atoms with E-state index in [1.807, 2.05) is 21.1 Å². The summed E-state index contributed by atoms with van der Waals surface area (Å²) in [5.74, 6) is -2.76. The van der Waals surface area contributed by atoms with Crippen molar-refractivity contribution < 1.29 is 49.5 Å². The quantitative estimate of drug-likeness (QED) is 0.228. The summed E-state index contributed by atoms with van der Waals surface area (Å²) >= 11 is 0. The van der Waals surface area contributed by atoms with E-state index in [4.69, 9.17) is 25.5 Å². The molecule has 0 saturated carbocycles. The van der Waals surface area contributed by atoms with Gasteiger partial charge in [-0.3, -0.25) is 0 Å². The number of aldehydes is 1. The molecule has 0 radical (unpaired) electrons. The Bertz CT molecular complexity index is 352. The molecule has 10 heteroatoms. The normalized spacial score (nSPS) is 16.7. The van der Waals surface area contributed by atoms with Gasteiger partial charge in [-0.25, -0.2) is 4.79 Å². The summed E-state index contributed by atoms with van der Waals surface area (Å²) in [4.78, 5) is 29.8. The van der Waals surface area contributed by atoms with Crippen LogP contribution in [0, 0.1) is 0 Å². The summed E-state index contributed by atoms with van der Waals surface area (Å²) in [6.07, 6.45) is -8.65. The molecule has 0 rings (SSSR count). The Morgan fingerprint density at radius 3 is 1.71 bits per heavy atom. The second-order valence-electron chi connectivity index (χ2n) is 5.21. The number of carboxylic acids is 2. The Morgan fingerprint density at radius 2 is 1.52 bits per heavy atom. The van der Waals surface area contributed by atoms with Gasteiger partial charge in [-0.2, -0.15) is 0 Å². The van der Waals surface area contributed by atoms with Gasteiger partial charge in [-0.05, 0) is 0 Å². The third kappa shape index (κ3) is 10.8. The maximum atomic E-state index is 10.00. The summed E-state index contributed by atoms with van der Waals surface area (Å²) in [6.45, 7) is 0.181. The predicted octanol–water partition coefficient (Wildman–Crippen LogP) is -4.84. The van der Waals surface area contributed by atoms with Crippen LogP contribution in [0.25, 0.3) is 0 Å². The molecular weight excluding hydrogens is 290 g/mol. The summed E-state index contributed by atoms with van der Waals surface area (Å²) in [5, 5.41) is 53.1. The molecule has 0 aromatic carbocycles. The molecular formula is C11H21NO9. The highest BCUT2D eigenvalue weighted by molar-refractivity contribution is 5.70. The molecule has 21 heavy (non-hydrogen) atoms. The number of carbonyl (C=O) groups is 3. The van der Waals surface area contributed by atoms with Crippen LogP contribution in [0.3, 0.4) is 0 Å². The third-order valence-electron chi connectivity index (χ3n) is 2.01. The maximum Gasteiger partial charge on any atom is 0.359 e.